The summed E-state index contributed by atoms with van der Waals surface area (Å²) in [5.74, 6) is 1.55. The number of aromatic nitrogens is 1. The minimum absolute atomic E-state index is 0.228. The lowest BCUT2D eigenvalue weighted by atomic mass is 10.3. The zero-order valence-electron chi connectivity index (χ0n) is 17.1. The molecule has 9 nitrogen and oxygen atoms in total. The maximum Gasteiger partial charge on any atom is 0.315 e. The average molecular weight is 424 g/mol. The zero-order chi connectivity index (χ0) is 21.9. The highest BCUT2D eigenvalue weighted by Crippen LogP contribution is 2.30. The third-order valence-corrected chi connectivity index (χ3v) is 4.06. The van der Waals surface area contributed by atoms with Crippen LogP contribution < -0.4 is 25.4 Å². The molecule has 3 aromatic rings. The molecule has 2 aromatic heterocycles. The molecule has 0 spiro atoms. The third kappa shape index (κ3) is 6.77. The van der Waals surface area contributed by atoms with Gasteiger partial charge in [0.05, 0.1) is 12.9 Å². The Morgan fingerprint density at radius 3 is 2.48 bits per heavy atom. The van der Waals surface area contributed by atoms with E-state index in [9.17, 15) is 9.59 Å². The van der Waals surface area contributed by atoms with Crippen molar-refractivity contribution in [3.05, 3.63) is 72.3 Å². The number of nitrogens with zero attached hydrogens (tertiary/aromatic N) is 1. The molecule has 2 heterocycles. The van der Waals surface area contributed by atoms with Crippen LogP contribution in [-0.2, 0) is 6.54 Å². The summed E-state index contributed by atoms with van der Waals surface area (Å²) in [5.41, 5.74) is 0.812. The van der Waals surface area contributed by atoms with E-state index in [-0.39, 0.29) is 30.8 Å². The van der Waals surface area contributed by atoms with E-state index in [0.717, 1.165) is 5.56 Å². The highest BCUT2D eigenvalue weighted by Gasteiger charge is 2.08. The van der Waals surface area contributed by atoms with Crippen molar-refractivity contribution in [1.29, 1.82) is 0 Å². The van der Waals surface area contributed by atoms with E-state index in [1.54, 1.807) is 24.4 Å². The minimum Gasteiger partial charge on any atom is -0.490 e. The summed E-state index contributed by atoms with van der Waals surface area (Å²) in [5, 5.41) is 8.03. The van der Waals surface area contributed by atoms with Crippen molar-refractivity contribution < 1.29 is 23.5 Å². The number of rotatable bonds is 10. The topological polar surface area (TPSA) is 115 Å². The fourth-order valence-electron chi connectivity index (χ4n) is 2.59. The predicted molar refractivity (Wildman–Crippen MR) is 113 cm³/mol. The Hall–Kier alpha value is -4.01. The minimum atomic E-state index is -0.349. The van der Waals surface area contributed by atoms with Gasteiger partial charge in [0.1, 0.15) is 0 Å². The summed E-state index contributed by atoms with van der Waals surface area (Å²) in [6.07, 6.45) is 3.05. The number of hydrogen-bond acceptors (Lipinski definition) is 6. The molecule has 1 aromatic carbocycles. The molecule has 0 saturated heterocycles. The molecule has 3 amide bonds. The number of nitrogens with one attached hydrogen (secondary N) is 3. The molecule has 31 heavy (non-hydrogen) atoms. The van der Waals surface area contributed by atoms with Crippen LogP contribution in [0.2, 0.25) is 0 Å². The van der Waals surface area contributed by atoms with Crippen molar-refractivity contribution in [2.45, 2.75) is 13.5 Å². The second-order valence-electron chi connectivity index (χ2n) is 6.33. The van der Waals surface area contributed by atoms with E-state index < -0.39 is 0 Å². The standard InChI is InChI=1S/C22H24N4O5/c1-2-29-17-6-3-4-7-18(17)31-20-10-9-16(14-25-20)15-26-22(28)24-12-11-23-21(27)19-8-5-13-30-19/h3-10,13-14H,2,11-12,15H2,1H3,(H,23,27)(H2,24,26,28). The normalized spacial score (nSPS) is 10.2. The van der Waals surface area contributed by atoms with Gasteiger partial charge in [-0.3, -0.25) is 4.79 Å². The van der Waals surface area contributed by atoms with Crippen molar-refractivity contribution in [2.24, 2.45) is 0 Å². The number of benzene rings is 1. The monoisotopic (exact) mass is 424 g/mol. The van der Waals surface area contributed by atoms with Gasteiger partial charge in [-0.2, -0.15) is 0 Å². The molecule has 3 rings (SSSR count). The van der Waals surface area contributed by atoms with Crippen molar-refractivity contribution in [3.8, 4) is 17.4 Å². The molecule has 0 radical (unpaired) electrons. The van der Waals surface area contributed by atoms with Gasteiger partial charge in [0.25, 0.3) is 5.91 Å². The Labute approximate surface area is 179 Å². The van der Waals surface area contributed by atoms with Crippen molar-refractivity contribution in [1.82, 2.24) is 20.9 Å². The van der Waals surface area contributed by atoms with E-state index in [2.05, 4.69) is 20.9 Å². The molecule has 0 aliphatic rings. The first-order valence-electron chi connectivity index (χ1n) is 9.83. The molecular weight excluding hydrogens is 400 g/mol. The summed E-state index contributed by atoms with van der Waals surface area (Å²) in [7, 11) is 0. The molecule has 3 N–H and O–H groups in total. The van der Waals surface area contributed by atoms with Crippen LogP contribution in [0.5, 0.6) is 17.4 Å². The van der Waals surface area contributed by atoms with E-state index in [0.29, 0.717) is 30.5 Å². The predicted octanol–water partition coefficient (Wildman–Crippen LogP) is 3.09. The zero-order valence-corrected chi connectivity index (χ0v) is 17.1. The molecule has 0 aliphatic heterocycles. The lowest BCUT2D eigenvalue weighted by Gasteiger charge is -2.11. The summed E-state index contributed by atoms with van der Waals surface area (Å²) < 4.78 is 16.3. The second kappa shape index (κ2) is 11.2. The number of hydrogen-bond donors (Lipinski definition) is 3. The molecular formula is C22H24N4O5. The summed E-state index contributed by atoms with van der Waals surface area (Å²) in [6.45, 7) is 3.31. The maximum absolute atomic E-state index is 11.9. The molecule has 0 saturated carbocycles. The highest BCUT2D eigenvalue weighted by molar-refractivity contribution is 5.91. The van der Waals surface area contributed by atoms with Crippen LogP contribution in [0.4, 0.5) is 4.79 Å². The Balaban J connectivity index is 1.38. The van der Waals surface area contributed by atoms with Crippen LogP contribution in [0, 0.1) is 0 Å². The van der Waals surface area contributed by atoms with Crippen molar-refractivity contribution >= 4 is 11.9 Å². The lowest BCUT2D eigenvalue weighted by molar-refractivity contribution is 0.0926. The van der Waals surface area contributed by atoms with Crippen LogP contribution in [0.15, 0.2) is 65.4 Å². The smallest absolute Gasteiger partial charge is 0.315 e. The van der Waals surface area contributed by atoms with Crippen molar-refractivity contribution in [3.63, 3.8) is 0 Å². The first-order chi connectivity index (χ1) is 15.2. The van der Waals surface area contributed by atoms with Gasteiger partial charge < -0.3 is 29.8 Å². The molecule has 0 fully saturated rings. The summed E-state index contributed by atoms with van der Waals surface area (Å²) >= 11 is 0. The molecule has 0 atom stereocenters. The number of pyridine rings is 1. The Morgan fingerprint density at radius 1 is 0.968 bits per heavy atom. The second-order valence-corrected chi connectivity index (χ2v) is 6.33. The van der Waals surface area contributed by atoms with Crippen LogP contribution in [0.1, 0.15) is 23.0 Å². The Bertz CT molecular complexity index is 974. The number of carbonyl (C=O) groups excluding carboxylic acids is 2. The molecule has 0 unspecified atom stereocenters. The van der Waals surface area contributed by atoms with E-state index in [1.165, 1.54) is 6.26 Å². The number of para-hydroxylation sites is 2. The fraction of sp³-hybridized carbons (Fsp3) is 0.227. The Morgan fingerprint density at radius 2 is 1.77 bits per heavy atom. The van der Waals surface area contributed by atoms with Gasteiger partial charge in [-0.1, -0.05) is 18.2 Å². The van der Waals surface area contributed by atoms with Gasteiger partial charge in [0.15, 0.2) is 17.3 Å². The van der Waals surface area contributed by atoms with Crippen LogP contribution >= 0.6 is 0 Å². The average Bonchev–Trinajstić information content (AvgIpc) is 3.33. The van der Waals surface area contributed by atoms with Gasteiger partial charge in [0, 0.05) is 31.9 Å². The van der Waals surface area contributed by atoms with Crippen LogP contribution in [0.3, 0.4) is 0 Å². The number of urea groups is 1. The highest BCUT2D eigenvalue weighted by atomic mass is 16.5. The summed E-state index contributed by atoms with van der Waals surface area (Å²) in [4.78, 5) is 27.8. The summed E-state index contributed by atoms with van der Waals surface area (Å²) in [6, 6.07) is 13.8. The van der Waals surface area contributed by atoms with Crippen LogP contribution in [-0.4, -0.2) is 36.6 Å². The third-order valence-electron chi connectivity index (χ3n) is 4.06. The quantitative estimate of drug-likeness (QED) is 0.431. The van der Waals surface area contributed by atoms with Crippen molar-refractivity contribution in [2.75, 3.05) is 19.7 Å². The molecule has 0 bridgehead atoms. The van der Waals surface area contributed by atoms with E-state index >= 15 is 0 Å². The fourth-order valence-corrected chi connectivity index (χ4v) is 2.59. The van der Waals surface area contributed by atoms with Gasteiger partial charge in [0.2, 0.25) is 5.88 Å². The molecule has 9 heteroatoms. The van der Waals surface area contributed by atoms with Gasteiger partial charge in [-0.25, -0.2) is 9.78 Å². The van der Waals surface area contributed by atoms with Gasteiger partial charge >= 0.3 is 6.03 Å². The number of furan rings is 1. The maximum atomic E-state index is 11.9. The number of amides is 3. The molecule has 0 aliphatic carbocycles. The molecule has 162 valence electrons. The number of carbonyl (C=O) groups is 2. The first kappa shape index (κ1) is 21.7. The first-order valence-corrected chi connectivity index (χ1v) is 9.83. The van der Waals surface area contributed by atoms with Gasteiger partial charge in [-0.05, 0) is 36.8 Å². The van der Waals surface area contributed by atoms with Gasteiger partial charge in [-0.15, -0.1) is 0 Å². The Kier molecular flexibility index (Phi) is 7.87. The number of ether oxygens (including phenoxy) is 2. The van der Waals surface area contributed by atoms with Crippen LogP contribution in [0.25, 0.3) is 0 Å². The lowest BCUT2D eigenvalue weighted by Crippen LogP contribution is -2.40. The largest absolute Gasteiger partial charge is 0.490 e. The van der Waals surface area contributed by atoms with E-state index in [1.807, 2.05) is 37.3 Å². The SMILES string of the molecule is CCOc1ccccc1Oc1ccc(CNC(=O)NCCNC(=O)c2ccco2)cn1. The van der Waals surface area contributed by atoms with E-state index in [4.69, 9.17) is 13.9 Å².